The molecule has 0 bridgehead atoms. The van der Waals surface area contributed by atoms with E-state index in [1.54, 1.807) is 23.1 Å². The van der Waals surface area contributed by atoms with E-state index in [-0.39, 0.29) is 30.0 Å². The zero-order valence-corrected chi connectivity index (χ0v) is 11.1. The molecule has 1 heterocycles. The molecule has 0 aliphatic carbocycles. The van der Waals surface area contributed by atoms with Crippen LogP contribution >= 0.6 is 0 Å². The molecule has 19 heavy (non-hydrogen) atoms. The summed E-state index contributed by atoms with van der Waals surface area (Å²) in [4.78, 5) is 25.5. The number of phenols is 1. The van der Waals surface area contributed by atoms with Crippen molar-refractivity contribution >= 4 is 11.8 Å². The van der Waals surface area contributed by atoms with Gasteiger partial charge in [0.05, 0.1) is 6.54 Å². The molecule has 1 aliphatic rings. The molecule has 0 aromatic heterocycles. The SMILES string of the molecule is CC(C)C1C(=O)NCC(=O)N1Cc1cccc(O)c1. The van der Waals surface area contributed by atoms with Gasteiger partial charge in [-0.3, -0.25) is 9.59 Å². The Labute approximate surface area is 112 Å². The van der Waals surface area contributed by atoms with Crippen molar-refractivity contribution in [3.63, 3.8) is 0 Å². The van der Waals surface area contributed by atoms with Crippen molar-refractivity contribution in [2.24, 2.45) is 5.92 Å². The lowest BCUT2D eigenvalue weighted by molar-refractivity contribution is -0.148. The molecular weight excluding hydrogens is 244 g/mol. The summed E-state index contributed by atoms with van der Waals surface area (Å²) >= 11 is 0. The predicted molar refractivity (Wildman–Crippen MR) is 70.3 cm³/mol. The summed E-state index contributed by atoms with van der Waals surface area (Å²) < 4.78 is 0. The molecule has 2 amide bonds. The van der Waals surface area contributed by atoms with Gasteiger partial charge >= 0.3 is 0 Å². The number of rotatable bonds is 3. The van der Waals surface area contributed by atoms with Crippen LogP contribution in [0.15, 0.2) is 24.3 Å². The Morgan fingerprint density at radius 3 is 2.79 bits per heavy atom. The number of benzene rings is 1. The van der Waals surface area contributed by atoms with E-state index in [4.69, 9.17) is 0 Å². The van der Waals surface area contributed by atoms with Crippen LogP contribution < -0.4 is 5.32 Å². The normalized spacial score (nSPS) is 19.7. The summed E-state index contributed by atoms with van der Waals surface area (Å²) in [7, 11) is 0. The molecule has 102 valence electrons. The van der Waals surface area contributed by atoms with Gasteiger partial charge in [-0.1, -0.05) is 26.0 Å². The second-order valence-corrected chi connectivity index (χ2v) is 5.10. The maximum absolute atomic E-state index is 12.0. The molecule has 2 rings (SSSR count). The lowest BCUT2D eigenvalue weighted by Crippen LogP contribution is -2.59. The van der Waals surface area contributed by atoms with E-state index in [2.05, 4.69) is 5.32 Å². The second-order valence-electron chi connectivity index (χ2n) is 5.10. The van der Waals surface area contributed by atoms with E-state index in [0.29, 0.717) is 6.54 Å². The smallest absolute Gasteiger partial charge is 0.243 e. The van der Waals surface area contributed by atoms with Gasteiger partial charge in [0, 0.05) is 6.54 Å². The summed E-state index contributed by atoms with van der Waals surface area (Å²) in [5, 5.41) is 12.1. The van der Waals surface area contributed by atoms with Gasteiger partial charge in [0.15, 0.2) is 0 Å². The topological polar surface area (TPSA) is 69.6 Å². The molecule has 0 radical (unpaired) electrons. The zero-order chi connectivity index (χ0) is 14.0. The van der Waals surface area contributed by atoms with Crippen LogP contribution in [0.4, 0.5) is 0 Å². The lowest BCUT2D eigenvalue weighted by Gasteiger charge is -2.37. The summed E-state index contributed by atoms with van der Waals surface area (Å²) in [6, 6.07) is 6.29. The highest BCUT2D eigenvalue weighted by molar-refractivity contribution is 5.94. The third kappa shape index (κ3) is 2.86. The van der Waals surface area contributed by atoms with Crippen molar-refractivity contribution < 1.29 is 14.7 Å². The molecule has 1 atom stereocenters. The summed E-state index contributed by atoms with van der Waals surface area (Å²) in [6.07, 6.45) is 0. The van der Waals surface area contributed by atoms with Crippen molar-refractivity contribution in [3.05, 3.63) is 29.8 Å². The molecule has 5 heteroatoms. The number of hydrogen-bond acceptors (Lipinski definition) is 3. The number of aromatic hydroxyl groups is 1. The van der Waals surface area contributed by atoms with Crippen LogP contribution in [0.1, 0.15) is 19.4 Å². The Bertz CT molecular complexity index is 499. The van der Waals surface area contributed by atoms with Gasteiger partial charge in [-0.05, 0) is 23.6 Å². The van der Waals surface area contributed by atoms with Crippen LogP contribution in [0.5, 0.6) is 5.75 Å². The Kier molecular flexibility index (Phi) is 3.74. The molecular formula is C14H18N2O3. The fourth-order valence-electron chi connectivity index (χ4n) is 2.37. The fourth-order valence-corrected chi connectivity index (χ4v) is 2.37. The van der Waals surface area contributed by atoms with Gasteiger partial charge < -0.3 is 15.3 Å². The minimum atomic E-state index is -0.455. The maximum atomic E-state index is 12.0. The standard InChI is InChI=1S/C14H18N2O3/c1-9(2)13-14(19)15-7-12(18)16(13)8-10-4-3-5-11(17)6-10/h3-6,9,13,17H,7-8H2,1-2H3,(H,15,19). The predicted octanol–water partition coefficient (Wildman–Crippen LogP) is 0.875. The minimum absolute atomic E-state index is 0.0425. The highest BCUT2D eigenvalue weighted by Gasteiger charge is 2.36. The Hall–Kier alpha value is -2.04. The van der Waals surface area contributed by atoms with E-state index in [9.17, 15) is 14.7 Å². The maximum Gasteiger partial charge on any atom is 0.243 e. The molecule has 1 saturated heterocycles. The zero-order valence-electron chi connectivity index (χ0n) is 11.1. The molecule has 0 saturated carbocycles. The summed E-state index contributed by atoms with van der Waals surface area (Å²) in [5.74, 6) is -0.00883. The van der Waals surface area contributed by atoms with Gasteiger partial charge in [-0.15, -0.1) is 0 Å². The van der Waals surface area contributed by atoms with Gasteiger partial charge in [0.2, 0.25) is 11.8 Å². The molecule has 5 nitrogen and oxygen atoms in total. The molecule has 1 aromatic carbocycles. The Balaban J connectivity index is 2.23. The van der Waals surface area contributed by atoms with Gasteiger partial charge in [0.1, 0.15) is 11.8 Å². The first kappa shape index (κ1) is 13.4. The highest BCUT2D eigenvalue weighted by Crippen LogP contribution is 2.20. The summed E-state index contributed by atoms with van der Waals surface area (Å²) in [6.45, 7) is 4.21. The monoisotopic (exact) mass is 262 g/mol. The second kappa shape index (κ2) is 5.30. The van der Waals surface area contributed by atoms with Crippen LogP contribution in [0.3, 0.4) is 0 Å². The average Bonchev–Trinajstić information content (AvgIpc) is 2.33. The van der Waals surface area contributed by atoms with E-state index >= 15 is 0 Å². The van der Waals surface area contributed by atoms with Gasteiger partial charge in [-0.2, -0.15) is 0 Å². The van der Waals surface area contributed by atoms with Crippen molar-refractivity contribution in [2.45, 2.75) is 26.4 Å². The average molecular weight is 262 g/mol. The lowest BCUT2D eigenvalue weighted by atomic mass is 9.98. The molecule has 1 fully saturated rings. The number of carbonyl (C=O) groups excluding carboxylic acids is 2. The van der Waals surface area contributed by atoms with E-state index in [1.807, 2.05) is 19.9 Å². The number of hydrogen-bond donors (Lipinski definition) is 2. The number of amides is 2. The van der Waals surface area contributed by atoms with Gasteiger partial charge in [0.25, 0.3) is 0 Å². The Morgan fingerprint density at radius 1 is 1.42 bits per heavy atom. The number of piperazine rings is 1. The van der Waals surface area contributed by atoms with Crippen molar-refractivity contribution in [1.29, 1.82) is 0 Å². The third-order valence-corrected chi connectivity index (χ3v) is 3.23. The molecule has 2 N–H and O–H groups in total. The largest absolute Gasteiger partial charge is 0.508 e. The van der Waals surface area contributed by atoms with Crippen molar-refractivity contribution in [2.75, 3.05) is 6.54 Å². The quantitative estimate of drug-likeness (QED) is 0.849. The number of phenolic OH excluding ortho intramolecular Hbond substituents is 1. The molecule has 1 unspecified atom stereocenters. The van der Waals surface area contributed by atoms with Crippen LogP contribution in [-0.4, -0.2) is 34.4 Å². The third-order valence-electron chi connectivity index (χ3n) is 3.23. The summed E-state index contributed by atoms with van der Waals surface area (Å²) in [5.41, 5.74) is 0.814. The minimum Gasteiger partial charge on any atom is -0.508 e. The van der Waals surface area contributed by atoms with Crippen molar-refractivity contribution in [3.8, 4) is 5.75 Å². The first-order chi connectivity index (χ1) is 8.99. The molecule has 0 spiro atoms. The van der Waals surface area contributed by atoms with Crippen LogP contribution in [0, 0.1) is 5.92 Å². The number of carbonyl (C=O) groups is 2. The van der Waals surface area contributed by atoms with Crippen LogP contribution in [0.25, 0.3) is 0 Å². The van der Waals surface area contributed by atoms with Crippen LogP contribution in [0.2, 0.25) is 0 Å². The number of nitrogens with one attached hydrogen (secondary N) is 1. The van der Waals surface area contributed by atoms with Crippen LogP contribution in [-0.2, 0) is 16.1 Å². The van der Waals surface area contributed by atoms with E-state index in [1.165, 1.54) is 0 Å². The molecule has 1 aliphatic heterocycles. The highest BCUT2D eigenvalue weighted by atomic mass is 16.3. The first-order valence-electron chi connectivity index (χ1n) is 6.34. The van der Waals surface area contributed by atoms with E-state index in [0.717, 1.165) is 5.56 Å². The van der Waals surface area contributed by atoms with Gasteiger partial charge in [-0.25, -0.2) is 0 Å². The first-order valence-corrected chi connectivity index (χ1v) is 6.34. The fraction of sp³-hybridized carbons (Fsp3) is 0.429. The van der Waals surface area contributed by atoms with E-state index < -0.39 is 6.04 Å². The number of nitrogens with zero attached hydrogens (tertiary/aromatic N) is 1. The Morgan fingerprint density at radius 2 is 2.16 bits per heavy atom. The van der Waals surface area contributed by atoms with Crippen molar-refractivity contribution in [1.82, 2.24) is 10.2 Å². The molecule has 1 aromatic rings.